The van der Waals surface area contributed by atoms with Gasteiger partial charge >= 0.3 is 0 Å². The molecule has 26 heavy (non-hydrogen) atoms. The molecule has 0 spiro atoms. The minimum absolute atomic E-state index is 0.0527. The van der Waals surface area contributed by atoms with Gasteiger partial charge in [0.2, 0.25) is 0 Å². The second-order valence-corrected chi connectivity index (χ2v) is 7.60. The number of ether oxygens (including phenoxy) is 2. The van der Waals surface area contributed by atoms with Gasteiger partial charge in [-0.3, -0.25) is 4.79 Å². The molecule has 6 heteroatoms. The molecule has 1 fully saturated rings. The summed E-state index contributed by atoms with van der Waals surface area (Å²) < 4.78 is 11.3. The molecule has 0 saturated carbocycles. The van der Waals surface area contributed by atoms with Crippen molar-refractivity contribution in [3.63, 3.8) is 0 Å². The lowest BCUT2D eigenvalue weighted by atomic mass is 10.1. The summed E-state index contributed by atoms with van der Waals surface area (Å²) in [7, 11) is 1.63. The molecule has 0 amide bonds. The molecule has 1 atom stereocenters. The normalized spacial score (nSPS) is 16.3. The maximum atomic E-state index is 12.4. The molecule has 0 radical (unpaired) electrons. The molecule has 1 saturated heterocycles. The summed E-state index contributed by atoms with van der Waals surface area (Å²) in [5, 5.41) is 0.107. The topological polar surface area (TPSA) is 38.8 Å². The van der Waals surface area contributed by atoms with E-state index in [2.05, 4.69) is 4.90 Å². The van der Waals surface area contributed by atoms with E-state index < -0.39 is 0 Å². The van der Waals surface area contributed by atoms with Gasteiger partial charge in [-0.1, -0.05) is 54.7 Å². The Labute approximate surface area is 163 Å². The zero-order chi connectivity index (χ0) is 18.4. The molecular formula is C20H21NO3S2. The molecule has 1 aliphatic heterocycles. The van der Waals surface area contributed by atoms with Crippen LogP contribution in [0.5, 0.6) is 11.5 Å². The Morgan fingerprint density at radius 3 is 2.58 bits per heavy atom. The van der Waals surface area contributed by atoms with Crippen LogP contribution in [0.2, 0.25) is 0 Å². The Hall–Kier alpha value is -2.05. The van der Waals surface area contributed by atoms with E-state index in [4.69, 9.17) is 21.7 Å². The summed E-state index contributed by atoms with van der Waals surface area (Å²) in [6.45, 7) is 1.33. The summed E-state index contributed by atoms with van der Waals surface area (Å²) >= 11 is 7.35. The lowest BCUT2D eigenvalue weighted by Gasteiger charge is -2.26. The van der Waals surface area contributed by atoms with Gasteiger partial charge in [0.25, 0.3) is 0 Å². The molecule has 2 aromatic carbocycles. The summed E-state index contributed by atoms with van der Waals surface area (Å²) in [4.78, 5) is 15.2. The zero-order valence-electron chi connectivity index (χ0n) is 14.6. The Morgan fingerprint density at radius 2 is 1.85 bits per heavy atom. The number of hydrogen-bond acceptors (Lipinski definition) is 5. The third-order valence-electron chi connectivity index (χ3n) is 4.17. The van der Waals surface area contributed by atoms with Crippen LogP contribution in [0.15, 0.2) is 54.6 Å². The van der Waals surface area contributed by atoms with Crippen molar-refractivity contribution >= 4 is 34.8 Å². The highest BCUT2D eigenvalue weighted by Crippen LogP contribution is 2.30. The highest BCUT2D eigenvalue weighted by atomic mass is 32.2. The van der Waals surface area contributed by atoms with Gasteiger partial charge in [0.15, 0.2) is 17.3 Å². The standard InChI is InChI=1S/C20H21NO3S2/c1-23-17-9-5-6-10-18(17)24-14-20-21(11-12-26-20)19(25)13-16(22)15-7-3-2-4-8-15/h2-10,20H,11-14H2,1H3. The summed E-state index contributed by atoms with van der Waals surface area (Å²) in [6.07, 6.45) is 0.255. The lowest BCUT2D eigenvalue weighted by molar-refractivity contribution is 0.0997. The van der Waals surface area contributed by atoms with Gasteiger partial charge in [-0.05, 0) is 12.1 Å². The molecule has 0 N–H and O–H groups in total. The molecule has 0 aromatic heterocycles. The Bertz CT molecular complexity index is 767. The van der Waals surface area contributed by atoms with E-state index in [0.717, 1.165) is 12.3 Å². The molecule has 3 rings (SSSR count). The van der Waals surface area contributed by atoms with Crippen molar-refractivity contribution in [2.24, 2.45) is 0 Å². The van der Waals surface area contributed by atoms with Crippen LogP contribution in [-0.4, -0.2) is 47.1 Å². The van der Waals surface area contributed by atoms with E-state index in [1.54, 1.807) is 18.9 Å². The van der Waals surface area contributed by atoms with Crippen molar-refractivity contribution < 1.29 is 14.3 Å². The van der Waals surface area contributed by atoms with Crippen LogP contribution in [-0.2, 0) is 0 Å². The number of Topliss-reactive ketones (excluding diaryl/α,β-unsaturated/α-hetero) is 1. The maximum Gasteiger partial charge on any atom is 0.169 e. The van der Waals surface area contributed by atoms with Crippen LogP contribution in [0.1, 0.15) is 16.8 Å². The van der Waals surface area contributed by atoms with E-state index in [0.29, 0.717) is 28.7 Å². The first-order valence-electron chi connectivity index (χ1n) is 8.44. The fourth-order valence-corrected chi connectivity index (χ4v) is 4.38. The summed E-state index contributed by atoms with van der Waals surface area (Å²) in [5.74, 6) is 2.45. The zero-order valence-corrected chi connectivity index (χ0v) is 16.2. The van der Waals surface area contributed by atoms with E-state index >= 15 is 0 Å². The van der Waals surface area contributed by atoms with Crippen molar-refractivity contribution in [1.82, 2.24) is 4.90 Å². The van der Waals surface area contributed by atoms with Crippen molar-refractivity contribution in [3.05, 3.63) is 60.2 Å². The number of carbonyl (C=O) groups is 1. The molecule has 136 valence electrons. The van der Waals surface area contributed by atoms with Crippen molar-refractivity contribution in [2.75, 3.05) is 26.0 Å². The molecule has 1 unspecified atom stereocenters. The Morgan fingerprint density at radius 1 is 1.15 bits per heavy atom. The largest absolute Gasteiger partial charge is 0.493 e. The fourth-order valence-electron chi connectivity index (χ4n) is 2.81. The number of rotatable bonds is 7. The van der Waals surface area contributed by atoms with E-state index in [9.17, 15) is 4.79 Å². The first-order valence-corrected chi connectivity index (χ1v) is 9.90. The first-order chi connectivity index (χ1) is 12.7. The minimum atomic E-state index is 0.0527. The van der Waals surface area contributed by atoms with Crippen LogP contribution < -0.4 is 9.47 Å². The molecule has 2 aromatic rings. The van der Waals surface area contributed by atoms with Gasteiger partial charge in [-0.25, -0.2) is 0 Å². The highest BCUT2D eigenvalue weighted by Gasteiger charge is 2.29. The average molecular weight is 388 g/mol. The monoisotopic (exact) mass is 387 g/mol. The average Bonchev–Trinajstić information content (AvgIpc) is 3.16. The van der Waals surface area contributed by atoms with E-state index in [-0.39, 0.29) is 17.6 Å². The number of benzene rings is 2. The third kappa shape index (κ3) is 4.56. The van der Waals surface area contributed by atoms with Gasteiger partial charge < -0.3 is 14.4 Å². The van der Waals surface area contributed by atoms with E-state index in [1.807, 2.05) is 54.6 Å². The SMILES string of the molecule is COc1ccccc1OCC1SCCN1C(=S)CC(=O)c1ccccc1. The number of para-hydroxylation sites is 2. The van der Waals surface area contributed by atoms with Crippen LogP contribution in [0.25, 0.3) is 0 Å². The first kappa shape index (κ1) is 18.7. The van der Waals surface area contributed by atoms with Crippen molar-refractivity contribution in [3.8, 4) is 11.5 Å². The molecule has 0 aliphatic carbocycles. The third-order valence-corrected chi connectivity index (χ3v) is 5.74. The maximum absolute atomic E-state index is 12.4. The molecular weight excluding hydrogens is 366 g/mol. The molecule has 1 heterocycles. The number of methoxy groups -OCH3 is 1. The number of nitrogens with zero attached hydrogens (tertiary/aromatic N) is 1. The fraction of sp³-hybridized carbons (Fsp3) is 0.300. The molecule has 4 nitrogen and oxygen atoms in total. The number of thiocarbonyl (C=S) groups is 1. The highest BCUT2D eigenvalue weighted by molar-refractivity contribution is 8.00. The second-order valence-electron chi connectivity index (χ2n) is 5.84. The van der Waals surface area contributed by atoms with Crippen LogP contribution >= 0.6 is 24.0 Å². The number of carbonyl (C=O) groups excluding carboxylic acids is 1. The van der Waals surface area contributed by atoms with E-state index in [1.165, 1.54) is 0 Å². The van der Waals surface area contributed by atoms with Crippen molar-refractivity contribution in [2.45, 2.75) is 11.8 Å². The Kier molecular flexibility index (Phi) is 6.52. The summed E-state index contributed by atoms with van der Waals surface area (Å²) in [5.41, 5.74) is 0.698. The summed E-state index contributed by atoms with van der Waals surface area (Å²) in [6, 6.07) is 16.9. The molecule has 1 aliphatic rings. The quantitative estimate of drug-likeness (QED) is 0.527. The Balaban J connectivity index is 1.59. The van der Waals surface area contributed by atoms with Crippen LogP contribution in [0.3, 0.4) is 0 Å². The predicted octanol–water partition coefficient (Wildman–Crippen LogP) is 4.05. The number of ketones is 1. The van der Waals surface area contributed by atoms with Gasteiger partial charge in [0.1, 0.15) is 12.0 Å². The second kappa shape index (κ2) is 9.05. The van der Waals surface area contributed by atoms with Crippen LogP contribution in [0, 0.1) is 0 Å². The smallest absolute Gasteiger partial charge is 0.169 e. The molecule has 0 bridgehead atoms. The lowest BCUT2D eigenvalue weighted by Crippen LogP contribution is -2.38. The van der Waals surface area contributed by atoms with Crippen LogP contribution in [0.4, 0.5) is 0 Å². The van der Waals surface area contributed by atoms with Gasteiger partial charge in [0, 0.05) is 17.9 Å². The van der Waals surface area contributed by atoms with Crippen molar-refractivity contribution in [1.29, 1.82) is 0 Å². The minimum Gasteiger partial charge on any atom is -0.493 e. The van der Waals surface area contributed by atoms with Gasteiger partial charge in [-0.15, -0.1) is 11.8 Å². The number of thioether (sulfide) groups is 1. The van der Waals surface area contributed by atoms with Gasteiger partial charge in [0.05, 0.1) is 18.5 Å². The van der Waals surface area contributed by atoms with Gasteiger partial charge in [-0.2, -0.15) is 0 Å². The number of hydrogen-bond donors (Lipinski definition) is 0. The predicted molar refractivity (Wildman–Crippen MR) is 109 cm³/mol.